The number of fused-ring (bicyclic) bond motifs is 3. The van der Waals surface area contributed by atoms with Crippen molar-refractivity contribution in [3.8, 4) is 5.75 Å². The average molecular weight is 500 g/mol. The van der Waals surface area contributed by atoms with Crippen molar-refractivity contribution in [3.63, 3.8) is 0 Å². The molecule has 2 aliphatic heterocycles. The van der Waals surface area contributed by atoms with Crippen molar-refractivity contribution in [1.82, 2.24) is 14.9 Å². The molecule has 1 saturated heterocycles. The number of amides is 2. The van der Waals surface area contributed by atoms with Gasteiger partial charge in [0.2, 0.25) is 5.43 Å². The van der Waals surface area contributed by atoms with Crippen LogP contribution in [-0.2, 0) is 6.54 Å². The third-order valence-electron chi connectivity index (χ3n) is 6.23. The molecule has 4 rings (SSSR count). The maximum absolute atomic E-state index is 13.9. The van der Waals surface area contributed by atoms with Crippen LogP contribution in [0.4, 0.5) is 22.0 Å². The Morgan fingerprint density at radius 3 is 2.60 bits per heavy atom. The zero-order valence-corrected chi connectivity index (χ0v) is 18.4. The molecule has 1 aromatic heterocycles. The number of nitrogens with one attached hydrogen (secondary N) is 1. The maximum atomic E-state index is 13.9. The molecule has 3 heterocycles. The number of aromatic nitrogens is 1. The second kappa shape index (κ2) is 8.86. The Labute approximate surface area is 195 Å². The van der Waals surface area contributed by atoms with E-state index >= 15 is 0 Å². The molecule has 0 saturated carbocycles. The Morgan fingerprint density at radius 1 is 1.23 bits per heavy atom. The number of hydrogen-bond donors (Lipinski definition) is 2. The third kappa shape index (κ3) is 4.30. The number of hydrogen-bond acceptors (Lipinski definition) is 5. The molecule has 35 heavy (non-hydrogen) atoms. The van der Waals surface area contributed by atoms with E-state index in [0.29, 0.717) is 23.8 Å². The van der Waals surface area contributed by atoms with Gasteiger partial charge in [-0.2, -0.15) is 13.2 Å². The van der Waals surface area contributed by atoms with Crippen molar-refractivity contribution >= 4 is 11.8 Å². The van der Waals surface area contributed by atoms with Gasteiger partial charge in [-0.15, -0.1) is 0 Å². The van der Waals surface area contributed by atoms with Crippen LogP contribution in [0.3, 0.4) is 0 Å². The number of benzene rings is 1. The number of carbonyl (C=O) groups excluding carboxylic acids is 2. The van der Waals surface area contributed by atoms with Crippen molar-refractivity contribution in [2.45, 2.75) is 51.1 Å². The number of rotatable bonds is 4. The number of halogens is 5. The molecule has 1 aromatic carbocycles. The zero-order chi connectivity index (χ0) is 25.7. The van der Waals surface area contributed by atoms with Crippen LogP contribution in [0.15, 0.2) is 29.2 Å². The van der Waals surface area contributed by atoms with E-state index in [-0.39, 0.29) is 18.5 Å². The zero-order valence-electron chi connectivity index (χ0n) is 18.4. The van der Waals surface area contributed by atoms with Gasteiger partial charge in [0.1, 0.15) is 29.4 Å². The fourth-order valence-electron chi connectivity index (χ4n) is 4.37. The van der Waals surface area contributed by atoms with Crippen LogP contribution in [0, 0.1) is 11.6 Å². The van der Waals surface area contributed by atoms with E-state index in [9.17, 15) is 41.4 Å². The highest BCUT2D eigenvalue weighted by molar-refractivity contribution is 5.99. The summed E-state index contributed by atoms with van der Waals surface area (Å²) in [4.78, 5) is 39.1. The molecular formula is C22H21F5N4O4. The topological polar surface area (TPSA) is 94.9 Å². The van der Waals surface area contributed by atoms with Crippen molar-refractivity contribution in [2.24, 2.45) is 0 Å². The standard InChI is InChI=1S/C22H21F5N4O4/c1-11(22(25,26)27)31-16-4-2-3-7-29(16)30-10-14(18(32)19(33)17(30)21(31)35)20(34)28-9-12-5-6-13(23)8-15(12)24/h5-6,8,10-11,16,33H,2-4,7,9H2,1H3,(H,28,34)/t11-,16-/m1/s1. The Morgan fingerprint density at radius 2 is 1.94 bits per heavy atom. The second-order valence-electron chi connectivity index (χ2n) is 8.40. The van der Waals surface area contributed by atoms with Gasteiger partial charge in [-0.25, -0.2) is 8.78 Å². The number of aromatic hydroxyl groups is 1. The molecule has 2 aromatic rings. The summed E-state index contributed by atoms with van der Waals surface area (Å²) in [5.74, 6) is -5.11. The molecule has 0 unspecified atom stereocenters. The van der Waals surface area contributed by atoms with Gasteiger partial charge in [0.05, 0.1) is 0 Å². The summed E-state index contributed by atoms with van der Waals surface area (Å²) < 4.78 is 68.6. The highest BCUT2D eigenvalue weighted by atomic mass is 19.4. The van der Waals surface area contributed by atoms with Crippen molar-refractivity contribution in [3.05, 3.63) is 63.1 Å². The van der Waals surface area contributed by atoms with Crippen LogP contribution in [0.2, 0.25) is 0 Å². The minimum atomic E-state index is -4.74. The first-order valence-corrected chi connectivity index (χ1v) is 10.8. The molecule has 0 spiro atoms. The minimum Gasteiger partial charge on any atom is -0.502 e. The lowest BCUT2D eigenvalue weighted by Crippen LogP contribution is -2.66. The lowest BCUT2D eigenvalue weighted by Gasteiger charge is -2.50. The predicted molar refractivity (Wildman–Crippen MR) is 112 cm³/mol. The van der Waals surface area contributed by atoms with Gasteiger partial charge in [0.25, 0.3) is 11.8 Å². The largest absolute Gasteiger partial charge is 0.502 e. The summed E-state index contributed by atoms with van der Waals surface area (Å²) in [6, 6.07) is 0.532. The summed E-state index contributed by atoms with van der Waals surface area (Å²) in [7, 11) is 0. The quantitative estimate of drug-likeness (QED) is 0.630. The second-order valence-corrected chi connectivity index (χ2v) is 8.40. The van der Waals surface area contributed by atoms with Crippen LogP contribution in [0.5, 0.6) is 5.75 Å². The highest BCUT2D eigenvalue weighted by Gasteiger charge is 2.50. The van der Waals surface area contributed by atoms with Gasteiger partial charge in [-0.05, 0) is 32.3 Å². The third-order valence-corrected chi connectivity index (χ3v) is 6.23. The van der Waals surface area contributed by atoms with Gasteiger partial charge < -0.3 is 15.3 Å². The van der Waals surface area contributed by atoms with Gasteiger partial charge in [-0.1, -0.05) is 6.07 Å². The average Bonchev–Trinajstić information content (AvgIpc) is 2.79. The smallest absolute Gasteiger partial charge is 0.408 e. The van der Waals surface area contributed by atoms with E-state index in [1.165, 1.54) is 5.01 Å². The number of nitrogens with zero attached hydrogens (tertiary/aromatic N) is 3. The van der Waals surface area contributed by atoms with E-state index in [2.05, 4.69) is 5.32 Å². The molecular weight excluding hydrogens is 479 g/mol. The van der Waals surface area contributed by atoms with Crippen LogP contribution in [0.25, 0.3) is 0 Å². The van der Waals surface area contributed by atoms with E-state index in [0.717, 1.165) is 29.9 Å². The molecule has 0 radical (unpaired) electrons. The van der Waals surface area contributed by atoms with Crippen LogP contribution >= 0.6 is 0 Å². The SMILES string of the molecule is C[C@@H](N1C(=O)c2c(O)c(=O)c(C(=O)NCc3ccc(F)cc3F)cn2N2CCCC[C@@H]12)C(F)(F)F. The Bertz CT molecular complexity index is 1250. The fourth-order valence-corrected chi connectivity index (χ4v) is 4.37. The Hall–Kier alpha value is -3.64. The molecule has 8 nitrogen and oxygen atoms in total. The normalized spacial score (nSPS) is 18.7. The number of carbonyl (C=O) groups is 2. The summed E-state index contributed by atoms with van der Waals surface area (Å²) in [5, 5.41) is 14.2. The number of piperidine rings is 1. The summed E-state index contributed by atoms with van der Waals surface area (Å²) in [5.41, 5.74) is -2.60. The van der Waals surface area contributed by atoms with E-state index in [4.69, 9.17) is 0 Å². The molecule has 0 aliphatic carbocycles. The minimum absolute atomic E-state index is 0.0647. The van der Waals surface area contributed by atoms with Gasteiger partial charge in [0.15, 0.2) is 11.4 Å². The molecule has 1 fully saturated rings. The Kier molecular flexibility index (Phi) is 6.20. The lowest BCUT2D eigenvalue weighted by molar-refractivity contribution is -0.179. The van der Waals surface area contributed by atoms with Crippen LogP contribution in [-0.4, -0.2) is 51.4 Å². The molecule has 2 aliphatic rings. The molecule has 2 N–H and O–H groups in total. The van der Waals surface area contributed by atoms with Gasteiger partial charge >= 0.3 is 6.18 Å². The van der Waals surface area contributed by atoms with E-state index < -0.39 is 70.8 Å². The molecule has 0 bridgehead atoms. The summed E-state index contributed by atoms with van der Waals surface area (Å²) in [6.07, 6.45) is -3.44. The summed E-state index contributed by atoms with van der Waals surface area (Å²) >= 11 is 0. The maximum Gasteiger partial charge on any atom is 0.408 e. The molecule has 13 heteroatoms. The first-order chi connectivity index (χ1) is 16.4. The van der Waals surface area contributed by atoms with Gasteiger partial charge in [0, 0.05) is 30.9 Å². The van der Waals surface area contributed by atoms with Crippen LogP contribution in [0.1, 0.15) is 52.6 Å². The van der Waals surface area contributed by atoms with E-state index in [1.807, 2.05) is 0 Å². The number of pyridine rings is 1. The highest BCUT2D eigenvalue weighted by Crippen LogP contribution is 2.35. The summed E-state index contributed by atoms with van der Waals surface area (Å²) in [6.45, 7) is 0.622. The lowest BCUT2D eigenvalue weighted by atomic mass is 10.0. The van der Waals surface area contributed by atoms with Crippen molar-refractivity contribution in [2.75, 3.05) is 11.6 Å². The first-order valence-electron chi connectivity index (χ1n) is 10.8. The molecule has 2 amide bonds. The fraction of sp³-hybridized carbons (Fsp3) is 0.409. The van der Waals surface area contributed by atoms with Crippen LogP contribution < -0.4 is 15.8 Å². The van der Waals surface area contributed by atoms with Gasteiger partial charge in [-0.3, -0.25) is 24.1 Å². The predicted octanol–water partition coefficient (Wildman–Crippen LogP) is 2.62. The molecule has 2 atom stereocenters. The Balaban J connectivity index is 1.72. The number of alkyl halides is 3. The molecule has 188 valence electrons. The first kappa shape index (κ1) is 24.5. The van der Waals surface area contributed by atoms with Crippen molar-refractivity contribution in [1.29, 1.82) is 0 Å². The van der Waals surface area contributed by atoms with E-state index in [1.54, 1.807) is 0 Å². The van der Waals surface area contributed by atoms with Crippen molar-refractivity contribution < 1.29 is 36.6 Å². The monoisotopic (exact) mass is 500 g/mol.